The quantitative estimate of drug-likeness (QED) is 0.816. The van der Waals surface area contributed by atoms with Gasteiger partial charge < -0.3 is 14.9 Å². The van der Waals surface area contributed by atoms with Crippen molar-refractivity contribution in [1.29, 1.82) is 0 Å². The Hall–Kier alpha value is -1.85. The number of likely N-dealkylation sites (N-methyl/N-ethyl adjacent to an activating group) is 1. The van der Waals surface area contributed by atoms with Crippen LogP contribution in [0.5, 0.6) is 0 Å². The summed E-state index contributed by atoms with van der Waals surface area (Å²) in [6, 6.07) is 1.79. The molecule has 0 aliphatic carbocycles. The van der Waals surface area contributed by atoms with Gasteiger partial charge >= 0.3 is 5.97 Å². The maximum atomic E-state index is 10.6. The van der Waals surface area contributed by atoms with Crippen molar-refractivity contribution in [2.45, 2.75) is 13.8 Å². The first-order valence-electron chi connectivity index (χ1n) is 5.43. The van der Waals surface area contributed by atoms with Crippen LogP contribution in [0.4, 0.5) is 11.6 Å². The Morgan fingerprint density at radius 1 is 1.29 bits per heavy atom. The van der Waals surface area contributed by atoms with Crippen molar-refractivity contribution in [3.63, 3.8) is 0 Å². The third kappa shape index (κ3) is 3.58. The van der Waals surface area contributed by atoms with Gasteiger partial charge in [0.1, 0.15) is 24.0 Å². The lowest BCUT2D eigenvalue weighted by Gasteiger charge is -2.20. The summed E-state index contributed by atoms with van der Waals surface area (Å²) in [6.07, 6.45) is 0. The van der Waals surface area contributed by atoms with E-state index in [2.05, 4.69) is 9.97 Å². The van der Waals surface area contributed by atoms with Gasteiger partial charge in [0.15, 0.2) is 0 Å². The minimum absolute atomic E-state index is 0.0776. The van der Waals surface area contributed by atoms with Crippen LogP contribution in [-0.2, 0) is 4.79 Å². The second kappa shape index (κ2) is 5.47. The van der Waals surface area contributed by atoms with Crippen molar-refractivity contribution in [1.82, 2.24) is 9.97 Å². The van der Waals surface area contributed by atoms with Gasteiger partial charge in [-0.3, -0.25) is 4.79 Å². The van der Waals surface area contributed by atoms with Crippen molar-refractivity contribution >= 4 is 17.6 Å². The van der Waals surface area contributed by atoms with E-state index in [1.165, 1.54) is 0 Å². The van der Waals surface area contributed by atoms with Gasteiger partial charge in [0.2, 0.25) is 0 Å². The van der Waals surface area contributed by atoms with E-state index in [0.717, 1.165) is 12.4 Å². The van der Waals surface area contributed by atoms with E-state index in [4.69, 9.17) is 5.11 Å². The molecule has 94 valence electrons. The first kappa shape index (κ1) is 13.2. The SMILES string of the molecule is CCN(C)c1cc(N(C)CC(=O)O)nc(C)n1. The highest BCUT2D eigenvalue weighted by molar-refractivity contribution is 5.73. The van der Waals surface area contributed by atoms with Gasteiger partial charge in [-0.25, -0.2) is 9.97 Å². The van der Waals surface area contributed by atoms with E-state index >= 15 is 0 Å². The summed E-state index contributed by atoms with van der Waals surface area (Å²) in [6.45, 7) is 4.58. The summed E-state index contributed by atoms with van der Waals surface area (Å²) in [7, 11) is 3.63. The van der Waals surface area contributed by atoms with Gasteiger partial charge in [-0.1, -0.05) is 0 Å². The molecule has 0 amide bonds. The number of carboxylic acids is 1. The van der Waals surface area contributed by atoms with Crippen molar-refractivity contribution in [3.05, 3.63) is 11.9 Å². The molecule has 0 radical (unpaired) electrons. The number of nitrogens with zero attached hydrogens (tertiary/aromatic N) is 4. The summed E-state index contributed by atoms with van der Waals surface area (Å²) < 4.78 is 0. The highest BCUT2D eigenvalue weighted by Crippen LogP contribution is 2.16. The van der Waals surface area contributed by atoms with Crippen LogP contribution in [0.1, 0.15) is 12.7 Å². The third-order valence-electron chi connectivity index (χ3n) is 2.44. The number of carbonyl (C=O) groups is 1. The van der Waals surface area contributed by atoms with Gasteiger partial charge in [-0.15, -0.1) is 0 Å². The summed E-state index contributed by atoms with van der Waals surface area (Å²) in [4.78, 5) is 22.7. The number of rotatable bonds is 5. The fourth-order valence-corrected chi connectivity index (χ4v) is 1.37. The molecular weight excluding hydrogens is 220 g/mol. The van der Waals surface area contributed by atoms with E-state index in [-0.39, 0.29) is 6.54 Å². The van der Waals surface area contributed by atoms with Gasteiger partial charge in [-0.2, -0.15) is 0 Å². The molecule has 1 heterocycles. The third-order valence-corrected chi connectivity index (χ3v) is 2.44. The Balaban J connectivity index is 3.00. The van der Waals surface area contributed by atoms with Crippen molar-refractivity contribution in [2.75, 3.05) is 37.0 Å². The van der Waals surface area contributed by atoms with Crippen LogP contribution < -0.4 is 9.80 Å². The summed E-state index contributed by atoms with van der Waals surface area (Å²) in [5.74, 6) is 1.17. The van der Waals surface area contributed by atoms with Gasteiger partial charge in [0.05, 0.1) is 0 Å². The lowest BCUT2D eigenvalue weighted by atomic mass is 10.4. The zero-order valence-electron chi connectivity index (χ0n) is 10.6. The monoisotopic (exact) mass is 238 g/mol. The molecule has 1 N–H and O–H groups in total. The van der Waals surface area contributed by atoms with Crippen molar-refractivity contribution in [2.24, 2.45) is 0 Å². The van der Waals surface area contributed by atoms with E-state index < -0.39 is 5.97 Å². The van der Waals surface area contributed by atoms with Gasteiger partial charge in [0.25, 0.3) is 0 Å². The van der Waals surface area contributed by atoms with Gasteiger partial charge in [0, 0.05) is 26.7 Å². The summed E-state index contributed by atoms with van der Waals surface area (Å²) >= 11 is 0. The largest absolute Gasteiger partial charge is 0.480 e. The first-order chi connectivity index (χ1) is 7.93. The average molecular weight is 238 g/mol. The Labute approximate surface area is 101 Å². The van der Waals surface area contributed by atoms with Crippen LogP contribution in [0.2, 0.25) is 0 Å². The first-order valence-corrected chi connectivity index (χ1v) is 5.43. The van der Waals surface area contributed by atoms with Crippen LogP contribution in [-0.4, -0.2) is 48.2 Å². The smallest absolute Gasteiger partial charge is 0.323 e. The standard InChI is InChI=1S/C11H18N4O2/c1-5-14(3)9-6-10(13-8(2)12-9)15(4)7-11(16)17/h6H,5,7H2,1-4H3,(H,16,17). The molecular formula is C11H18N4O2. The summed E-state index contributed by atoms with van der Waals surface area (Å²) in [5, 5.41) is 8.74. The van der Waals surface area contributed by atoms with E-state index in [1.807, 2.05) is 18.9 Å². The number of hydrogen-bond donors (Lipinski definition) is 1. The lowest BCUT2D eigenvalue weighted by molar-refractivity contribution is -0.135. The van der Waals surface area contributed by atoms with Crippen molar-refractivity contribution in [3.8, 4) is 0 Å². The molecule has 6 nitrogen and oxygen atoms in total. The minimum atomic E-state index is -0.880. The summed E-state index contributed by atoms with van der Waals surface area (Å²) in [5.41, 5.74) is 0. The fraction of sp³-hybridized carbons (Fsp3) is 0.545. The number of aryl methyl sites for hydroxylation is 1. The maximum Gasteiger partial charge on any atom is 0.323 e. The molecule has 0 aromatic carbocycles. The molecule has 1 aromatic rings. The lowest BCUT2D eigenvalue weighted by Crippen LogP contribution is -2.27. The number of anilines is 2. The number of hydrogen-bond acceptors (Lipinski definition) is 5. The maximum absolute atomic E-state index is 10.6. The average Bonchev–Trinajstić information content (AvgIpc) is 2.26. The molecule has 0 saturated carbocycles. The van der Waals surface area contributed by atoms with Crippen LogP contribution in [0, 0.1) is 6.92 Å². The molecule has 0 spiro atoms. The van der Waals surface area contributed by atoms with Gasteiger partial charge in [-0.05, 0) is 13.8 Å². The molecule has 1 rings (SSSR count). The van der Waals surface area contributed by atoms with E-state index in [0.29, 0.717) is 11.6 Å². The molecule has 0 aliphatic rings. The molecule has 0 bridgehead atoms. The molecule has 0 aliphatic heterocycles. The Kier molecular flexibility index (Phi) is 4.25. The molecule has 0 unspecified atom stereocenters. The Morgan fingerprint density at radius 3 is 2.29 bits per heavy atom. The van der Waals surface area contributed by atoms with Crippen molar-refractivity contribution < 1.29 is 9.90 Å². The zero-order chi connectivity index (χ0) is 13.0. The van der Waals surface area contributed by atoms with Crippen LogP contribution in [0.3, 0.4) is 0 Å². The predicted octanol–water partition coefficient (Wildman–Crippen LogP) is 0.762. The molecule has 17 heavy (non-hydrogen) atoms. The topological polar surface area (TPSA) is 69.6 Å². The van der Waals surface area contributed by atoms with E-state index in [9.17, 15) is 4.79 Å². The second-order valence-corrected chi connectivity index (χ2v) is 3.90. The van der Waals surface area contributed by atoms with E-state index in [1.54, 1.807) is 24.9 Å². The fourth-order valence-electron chi connectivity index (χ4n) is 1.37. The molecule has 0 atom stereocenters. The molecule has 0 saturated heterocycles. The predicted molar refractivity (Wildman–Crippen MR) is 66.6 cm³/mol. The molecule has 1 aromatic heterocycles. The van der Waals surface area contributed by atoms with Crippen LogP contribution in [0.15, 0.2) is 6.07 Å². The number of aromatic nitrogens is 2. The zero-order valence-corrected chi connectivity index (χ0v) is 10.6. The van der Waals surface area contributed by atoms with Crippen LogP contribution >= 0.6 is 0 Å². The van der Waals surface area contributed by atoms with Crippen LogP contribution in [0.25, 0.3) is 0 Å². The molecule has 6 heteroatoms. The number of aliphatic carboxylic acids is 1. The number of carboxylic acid groups (broad SMARTS) is 1. The normalized spacial score (nSPS) is 10.1. The highest BCUT2D eigenvalue weighted by Gasteiger charge is 2.11. The minimum Gasteiger partial charge on any atom is -0.480 e. The Morgan fingerprint density at radius 2 is 1.82 bits per heavy atom. The molecule has 0 fully saturated rings. The highest BCUT2D eigenvalue weighted by atomic mass is 16.4. The Bertz CT molecular complexity index is 408. The second-order valence-electron chi connectivity index (χ2n) is 3.90.